The zero-order chi connectivity index (χ0) is 17.9. The SMILES string of the molecule is Fc1c(CC/C=C/C2CC2)ccc(OCCC2CC2)c1OC(F)(F)F. The highest BCUT2D eigenvalue weighted by atomic mass is 19.4. The number of ether oxygens (including phenoxy) is 2. The largest absolute Gasteiger partial charge is 0.573 e. The lowest BCUT2D eigenvalue weighted by Gasteiger charge is -2.16. The molecule has 2 saturated carbocycles. The van der Waals surface area contributed by atoms with Crippen molar-refractivity contribution in [1.82, 2.24) is 0 Å². The Morgan fingerprint density at radius 1 is 1.12 bits per heavy atom. The van der Waals surface area contributed by atoms with Gasteiger partial charge in [0.05, 0.1) is 6.61 Å². The van der Waals surface area contributed by atoms with Crippen LogP contribution in [-0.4, -0.2) is 13.0 Å². The Bertz CT molecular complexity index is 617. The first-order valence-electron chi connectivity index (χ1n) is 8.79. The molecule has 2 fully saturated rings. The summed E-state index contributed by atoms with van der Waals surface area (Å²) in [7, 11) is 0. The van der Waals surface area contributed by atoms with Crippen molar-refractivity contribution in [3.63, 3.8) is 0 Å². The molecule has 0 unspecified atom stereocenters. The molecule has 2 aliphatic carbocycles. The van der Waals surface area contributed by atoms with E-state index >= 15 is 0 Å². The van der Waals surface area contributed by atoms with Crippen LogP contribution in [0, 0.1) is 17.7 Å². The Labute approximate surface area is 144 Å². The third kappa shape index (κ3) is 5.94. The van der Waals surface area contributed by atoms with Crippen molar-refractivity contribution < 1.29 is 27.0 Å². The molecule has 1 aromatic rings. The number of benzene rings is 1. The predicted molar refractivity (Wildman–Crippen MR) is 86.1 cm³/mol. The van der Waals surface area contributed by atoms with E-state index in [0.717, 1.165) is 19.3 Å². The molecule has 0 heterocycles. The van der Waals surface area contributed by atoms with E-state index in [1.165, 1.54) is 25.0 Å². The van der Waals surface area contributed by atoms with Crippen LogP contribution in [-0.2, 0) is 6.42 Å². The van der Waals surface area contributed by atoms with Gasteiger partial charge in [0.2, 0.25) is 5.75 Å². The average Bonchev–Trinajstić information content (AvgIpc) is 3.42. The molecule has 0 aliphatic heterocycles. The van der Waals surface area contributed by atoms with E-state index in [-0.39, 0.29) is 17.9 Å². The molecule has 2 nitrogen and oxygen atoms in total. The summed E-state index contributed by atoms with van der Waals surface area (Å²) in [4.78, 5) is 0. The molecule has 3 rings (SSSR count). The minimum atomic E-state index is -4.96. The van der Waals surface area contributed by atoms with Gasteiger partial charge in [-0.2, -0.15) is 0 Å². The number of halogens is 4. The van der Waals surface area contributed by atoms with Crippen molar-refractivity contribution in [3.8, 4) is 11.5 Å². The Hall–Kier alpha value is -1.72. The molecule has 0 atom stereocenters. The minimum absolute atomic E-state index is 0.187. The number of rotatable bonds is 9. The number of hydrogen-bond donors (Lipinski definition) is 0. The molecule has 6 heteroatoms. The van der Waals surface area contributed by atoms with Crippen LogP contribution in [0.1, 0.15) is 44.1 Å². The van der Waals surface area contributed by atoms with E-state index in [1.54, 1.807) is 0 Å². The number of hydrogen-bond acceptors (Lipinski definition) is 2. The molecule has 1 aromatic carbocycles. The van der Waals surface area contributed by atoms with E-state index in [2.05, 4.69) is 10.8 Å². The number of aryl methyl sites for hydroxylation is 1. The molecule has 138 valence electrons. The second-order valence-corrected chi connectivity index (χ2v) is 6.80. The van der Waals surface area contributed by atoms with Crippen molar-refractivity contribution in [1.29, 1.82) is 0 Å². The van der Waals surface area contributed by atoms with E-state index in [4.69, 9.17) is 4.74 Å². The van der Waals surface area contributed by atoms with Gasteiger partial charge >= 0.3 is 6.36 Å². The van der Waals surface area contributed by atoms with Crippen LogP contribution in [0.2, 0.25) is 0 Å². The Morgan fingerprint density at radius 3 is 2.52 bits per heavy atom. The highest BCUT2D eigenvalue weighted by Gasteiger charge is 2.35. The van der Waals surface area contributed by atoms with Crippen LogP contribution in [0.15, 0.2) is 24.3 Å². The quantitative estimate of drug-likeness (QED) is 0.410. The fourth-order valence-corrected chi connectivity index (χ4v) is 2.65. The first-order chi connectivity index (χ1) is 11.9. The molecule has 0 N–H and O–H groups in total. The zero-order valence-corrected chi connectivity index (χ0v) is 13.9. The van der Waals surface area contributed by atoms with Gasteiger partial charge in [-0.3, -0.25) is 0 Å². The summed E-state index contributed by atoms with van der Waals surface area (Å²) in [6.07, 6.45) is 5.37. The first-order valence-corrected chi connectivity index (χ1v) is 8.79. The van der Waals surface area contributed by atoms with Gasteiger partial charge in [-0.1, -0.05) is 31.1 Å². The summed E-state index contributed by atoms with van der Waals surface area (Å²) in [5, 5.41) is 0. The summed E-state index contributed by atoms with van der Waals surface area (Å²) in [6.45, 7) is 0.266. The summed E-state index contributed by atoms with van der Waals surface area (Å²) in [5.41, 5.74) is 0.203. The lowest BCUT2D eigenvalue weighted by molar-refractivity contribution is -0.276. The van der Waals surface area contributed by atoms with Crippen molar-refractivity contribution in [3.05, 3.63) is 35.7 Å². The normalized spacial score (nSPS) is 17.9. The van der Waals surface area contributed by atoms with Gasteiger partial charge in [0.1, 0.15) is 0 Å². The van der Waals surface area contributed by atoms with E-state index in [0.29, 0.717) is 24.7 Å². The highest BCUT2D eigenvalue weighted by Crippen LogP contribution is 2.38. The molecule has 0 bridgehead atoms. The standard InChI is InChI=1S/C19H22F4O2/c20-17-15(4-2-1-3-13-5-6-13)9-10-16(18(17)25-19(21,22)23)24-12-11-14-7-8-14/h1,3,9-10,13-14H,2,4-8,11-12H2/b3-1+. The topological polar surface area (TPSA) is 18.5 Å². The fourth-order valence-electron chi connectivity index (χ4n) is 2.65. The summed E-state index contributed by atoms with van der Waals surface area (Å²) >= 11 is 0. The summed E-state index contributed by atoms with van der Waals surface area (Å²) < 4.78 is 61.7. The van der Waals surface area contributed by atoms with Gasteiger partial charge < -0.3 is 9.47 Å². The predicted octanol–water partition coefficient (Wildman–Crippen LogP) is 5.80. The van der Waals surface area contributed by atoms with Crippen molar-refractivity contribution in [2.45, 2.75) is 51.3 Å². The van der Waals surface area contributed by atoms with Gasteiger partial charge in [-0.25, -0.2) is 4.39 Å². The third-order valence-corrected chi connectivity index (χ3v) is 4.45. The third-order valence-electron chi connectivity index (χ3n) is 4.45. The minimum Gasteiger partial charge on any atom is -0.490 e. The summed E-state index contributed by atoms with van der Waals surface area (Å²) in [6, 6.07) is 2.85. The molecular formula is C19H22F4O2. The van der Waals surface area contributed by atoms with E-state index in [1.807, 2.05) is 6.08 Å². The van der Waals surface area contributed by atoms with Gasteiger partial charge in [-0.15, -0.1) is 13.2 Å². The van der Waals surface area contributed by atoms with Crippen LogP contribution in [0.25, 0.3) is 0 Å². The molecule has 0 saturated heterocycles. The molecule has 0 spiro atoms. The second-order valence-electron chi connectivity index (χ2n) is 6.80. The van der Waals surface area contributed by atoms with Crippen LogP contribution in [0.3, 0.4) is 0 Å². The Balaban J connectivity index is 1.68. The van der Waals surface area contributed by atoms with Crippen molar-refractivity contribution in [2.24, 2.45) is 11.8 Å². The number of allylic oxidation sites excluding steroid dienone is 2. The zero-order valence-electron chi connectivity index (χ0n) is 13.9. The lowest BCUT2D eigenvalue weighted by Crippen LogP contribution is -2.19. The molecule has 25 heavy (non-hydrogen) atoms. The summed E-state index contributed by atoms with van der Waals surface area (Å²) in [5.74, 6) is -0.827. The van der Waals surface area contributed by atoms with Crippen LogP contribution >= 0.6 is 0 Å². The molecule has 0 radical (unpaired) electrons. The fraction of sp³-hybridized carbons (Fsp3) is 0.579. The molecule has 0 aromatic heterocycles. The molecular weight excluding hydrogens is 336 g/mol. The highest BCUT2D eigenvalue weighted by molar-refractivity contribution is 5.45. The van der Waals surface area contributed by atoms with Crippen LogP contribution in [0.4, 0.5) is 17.6 Å². The van der Waals surface area contributed by atoms with Crippen molar-refractivity contribution in [2.75, 3.05) is 6.61 Å². The van der Waals surface area contributed by atoms with E-state index in [9.17, 15) is 17.6 Å². The maximum Gasteiger partial charge on any atom is 0.573 e. The van der Waals surface area contributed by atoms with Gasteiger partial charge in [0, 0.05) is 0 Å². The lowest BCUT2D eigenvalue weighted by atomic mass is 10.1. The smallest absolute Gasteiger partial charge is 0.490 e. The maximum absolute atomic E-state index is 14.5. The Morgan fingerprint density at radius 2 is 1.88 bits per heavy atom. The Kier molecular flexibility index (Phi) is 5.54. The van der Waals surface area contributed by atoms with Gasteiger partial charge in [-0.05, 0) is 55.6 Å². The first kappa shape index (κ1) is 18.1. The second kappa shape index (κ2) is 7.67. The van der Waals surface area contributed by atoms with Crippen LogP contribution < -0.4 is 9.47 Å². The molecule has 0 amide bonds. The number of alkyl halides is 3. The molecule has 2 aliphatic rings. The van der Waals surface area contributed by atoms with Gasteiger partial charge in [0.25, 0.3) is 0 Å². The van der Waals surface area contributed by atoms with Gasteiger partial charge in [0.15, 0.2) is 11.6 Å². The van der Waals surface area contributed by atoms with E-state index < -0.39 is 17.9 Å². The average molecular weight is 358 g/mol. The van der Waals surface area contributed by atoms with Crippen molar-refractivity contribution >= 4 is 0 Å². The van der Waals surface area contributed by atoms with Crippen LogP contribution in [0.5, 0.6) is 11.5 Å². The monoisotopic (exact) mass is 358 g/mol. The maximum atomic E-state index is 14.5.